The lowest BCUT2D eigenvalue weighted by Crippen LogP contribution is -2.33. The molecule has 0 spiro atoms. The van der Waals surface area contributed by atoms with Gasteiger partial charge in [0.1, 0.15) is 5.75 Å². The fraction of sp³-hybridized carbons (Fsp3) is 0.435. The molecule has 1 N–H and O–H groups in total. The summed E-state index contributed by atoms with van der Waals surface area (Å²) in [6.07, 6.45) is 2.64. The van der Waals surface area contributed by atoms with Crippen LogP contribution in [0.4, 0.5) is 5.69 Å². The summed E-state index contributed by atoms with van der Waals surface area (Å²) in [6, 6.07) is 13.0. The summed E-state index contributed by atoms with van der Waals surface area (Å²) in [5.41, 5.74) is 4.06. The molecule has 2 rings (SSSR count). The smallest absolute Gasteiger partial charge is 0.232 e. The number of benzene rings is 2. The van der Waals surface area contributed by atoms with Crippen molar-refractivity contribution in [1.29, 1.82) is 0 Å². The Morgan fingerprint density at radius 1 is 1.10 bits per heavy atom. The Morgan fingerprint density at radius 3 is 2.30 bits per heavy atom. The monoisotopic (exact) mass is 432 g/mol. The molecule has 0 saturated carbocycles. The van der Waals surface area contributed by atoms with E-state index >= 15 is 0 Å². The van der Waals surface area contributed by atoms with Crippen molar-refractivity contribution in [3.05, 3.63) is 59.2 Å². The van der Waals surface area contributed by atoms with Gasteiger partial charge in [-0.05, 0) is 67.6 Å². The molecule has 2 aromatic rings. The molecule has 0 fully saturated rings. The van der Waals surface area contributed by atoms with Crippen molar-refractivity contribution in [3.63, 3.8) is 0 Å². The second-order valence-electron chi connectivity index (χ2n) is 7.51. The number of hydrogen-bond acceptors (Lipinski definition) is 4. The van der Waals surface area contributed by atoms with E-state index in [0.29, 0.717) is 17.9 Å². The van der Waals surface area contributed by atoms with Crippen LogP contribution in [0.3, 0.4) is 0 Å². The summed E-state index contributed by atoms with van der Waals surface area (Å²) in [6.45, 7) is 6.40. The van der Waals surface area contributed by atoms with Crippen molar-refractivity contribution < 1.29 is 17.9 Å². The summed E-state index contributed by atoms with van der Waals surface area (Å²) in [4.78, 5) is 12.5. The third-order valence-electron chi connectivity index (χ3n) is 5.20. The minimum Gasteiger partial charge on any atom is -0.497 e. The van der Waals surface area contributed by atoms with Crippen molar-refractivity contribution in [3.8, 4) is 5.75 Å². The number of carbonyl (C=O) groups is 1. The summed E-state index contributed by atoms with van der Waals surface area (Å²) in [5, 5.41) is 3.07. The minimum atomic E-state index is -3.45. The third kappa shape index (κ3) is 6.49. The zero-order valence-electron chi connectivity index (χ0n) is 18.4. The maximum atomic E-state index is 12.5. The lowest BCUT2D eigenvalue weighted by atomic mass is 9.99. The lowest BCUT2D eigenvalue weighted by Gasteiger charge is -2.23. The molecule has 6 nitrogen and oxygen atoms in total. The summed E-state index contributed by atoms with van der Waals surface area (Å²) < 4.78 is 30.9. The highest BCUT2D eigenvalue weighted by Crippen LogP contribution is 2.23. The van der Waals surface area contributed by atoms with Gasteiger partial charge in [-0.15, -0.1) is 0 Å². The number of hydrogen-bond donors (Lipinski definition) is 1. The predicted octanol–water partition coefficient (Wildman–Crippen LogP) is 4.13. The van der Waals surface area contributed by atoms with Crippen LogP contribution in [0.2, 0.25) is 0 Å². The van der Waals surface area contributed by atoms with Crippen LogP contribution in [0.1, 0.15) is 48.9 Å². The zero-order chi connectivity index (χ0) is 22.3. The van der Waals surface area contributed by atoms with Gasteiger partial charge in [0, 0.05) is 13.0 Å². The van der Waals surface area contributed by atoms with Gasteiger partial charge in [0.05, 0.1) is 25.1 Å². The van der Waals surface area contributed by atoms with Crippen molar-refractivity contribution >= 4 is 21.6 Å². The van der Waals surface area contributed by atoms with Gasteiger partial charge in [-0.25, -0.2) is 8.42 Å². The Balaban J connectivity index is 1.98. The van der Waals surface area contributed by atoms with Gasteiger partial charge in [0.2, 0.25) is 15.9 Å². The van der Waals surface area contributed by atoms with Gasteiger partial charge in [0.25, 0.3) is 0 Å². The van der Waals surface area contributed by atoms with Crippen molar-refractivity contribution in [2.75, 3.05) is 24.2 Å². The molecule has 0 aliphatic rings. The normalized spacial score (nSPS) is 12.3. The first-order chi connectivity index (χ1) is 14.2. The van der Waals surface area contributed by atoms with Gasteiger partial charge < -0.3 is 10.1 Å². The number of anilines is 1. The van der Waals surface area contributed by atoms with Crippen LogP contribution in [-0.4, -0.2) is 34.2 Å². The second kappa shape index (κ2) is 10.5. The molecule has 0 bridgehead atoms. The van der Waals surface area contributed by atoms with Crippen LogP contribution < -0.4 is 14.4 Å². The summed E-state index contributed by atoms with van der Waals surface area (Å²) in [5.74, 6) is 0.576. The van der Waals surface area contributed by atoms with Gasteiger partial charge in [0.15, 0.2) is 0 Å². The first-order valence-electron chi connectivity index (χ1n) is 10.1. The van der Waals surface area contributed by atoms with Crippen LogP contribution in [0, 0.1) is 13.8 Å². The number of sulfonamides is 1. The second-order valence-corrected chi connectivity index (χ2v) is 9.42. The number of methoxy groups -OCH3 is 1. The highest BCUT2D eigenvalue weighted by atomic mass is 32.2. The van der Waals surface area contributed by atoms with E-state index < -0.39 is 10.0 Å². The maximum Gasteiger partial charge on any atom is 0.232 e. The third-order valence-corrected chi connectivity index (χ3v) is 6.40. The molecule has 7 heteroatoms. The fourth-order valence-corrected chi connectivity index (χ4v) is 4.25. The SMILES string of the molecule is CC[C@@H](NC(=O)CCCN(c1ccc(OC)cc1)S(C)(=O)=O)c1ccc(C)c(C)c1. The van der Waals surface area contributed by atoms with E-state index in [-0.39, 0.29) is 24.9 Å². The highest BCUT2D eigenvalue weighted by Gasteiger charge is 2.19. The van der Waals surface area contributed by atoms with Crippen LogP contribution in [0.25, 0.3) is 0 Å². The predicted molar refractivity (Wildman–Crippen MR) is 122 cm³/mol. The zero-order valence-corrected chi connectivity index (χ0v) is 19.3. The number of ether oxygens (including phenoxy) is 1. The standard InChI is InChI=1S/C23H32N2O4S/c1-6-22(19-10-9-17(2)18(3)16-19)24-23(26)8-7-15-25(30(5,27)28)20-11-13-21(29-4)14-12-20/h9-14,16,22H,6-8,15H2,1-5H3,(H,24,26)/t22-/m1/s1. The Bertz CT molecular complexity index is 956. The number of carbonyl (C=O) groups excluding carboxylic acids is 1. The molecular weight excluding hydrogens is 400 g/mol. The molecule has 2 aromatic carbocycles. The van der Waals surface area contributed by atoms with E-state index in [1.165, 1.54) is 21.7 Å². The van der Waals surface area contributed by atoms with E-state index in [9.17, 15) is 13.2 Å². The molecular formula is C23H32N2O4S. The van der Waals surface area contributed by atoms with E-state index in [1.807, 2.05) is 13.0 Å². The van der Waals surface area contributed by atoms with Crippen molar-refractivity contribution in [2.45, 2.75) is 46.1 Å². The molecule has 0 radical (unpaired) electrons. The number of nitrogens with one attached hydrogen (secondary N) is 1. The van der Waals surface area contributed by atoms with Gasteiger partial charge in [-0.2, -0.15) is 0 Å². The van der Waals surface area contributed by atoms with Crippen LogP contribution in [0.15, 0.2) is 42.5 Å². The highest BCUT2D eigenvalue weighted by molar-refractivity contribution is 7.92. The average Bonchev–Trinajstić information content (AvgIpc) is 2.71. The molecule has 1 amide bonds. The Hall–Kier alpha value is -2.54. The quantitative estimate of drug-likeness (QED) is 0.613. The Kier molecular flexibility index (Phi) is 8.29. The van der Waals surface area contributed by atoms with E-state index in [1.54, 1.807) is 31.4 Å². The molecule has 1 atom stereocenters. The molecule has 0 saturated heterocycles. The summed E-state index contributed by atoms with van der Waals surface area (Å²) >= 11 is 0. The first kappa shape index (κ1) is 23.7. The van der Waals surface area contributed by atoms with Crippen molar-refractivity contribution in [2.24, 2.45) is 0 Å². The van der Waals surface area contributed by atoms with E-state index in [4.69, 9.17) is 4.74 Å². The maximum absolute atomic E-state index is 12.5. The lowest BCUT2D eigenvalue weighted by molar-refractivity contribution is -0.121. The van der Waals surface area contributed by atoms with Crippen LogP contribution in [0.5, 0.6) is 5.75 Å². The minimum absolute atomic E-state index is 0.0515. The largest absolute Gasteiger partial charge is 0.497 e. The van der Waals surface area contributed by atoms with Gasteiger partial charge in [-0.1, -0.05) is 25.1 Å². The van der Waals surface area contributed by atoms with Crippen LogP contribution >= 0.6 is 0 Å². The van der Waals surface area contributed by atoms with Gasteiger partial charge in [-0.3, -0.25) is 9.10 Å². The van der Waals surface area contributed by atoms with Crippen molar-refractivity contribution in [1.82, 2.24) is 5.32 Å². The fourth-order valence-electron chi connectivity index (χ4n) is 3.29. The van der Waals surface area contributed by atoms with E-state index in [2.05, 4.69) is 31.3 Å². The Labute approximate surface area is 180 Å². The molecule has 0 aliphatic heterocycles. The molecule has 0 heterocycles. The summed E-state index contributed by atoms with van der Waals surface area (Å²) in [7, 11) is -1.90. The van der Waals surface area contributed by atoms with E-state index in [0.717, 1.165) is 12.0 Å². The molecule has 0 aromatic heterocycles. The number of nitrogens with zero attached hydrogens (tertiary/aromatic N) is 1. The Morgan fingerprint density at radius 2 is 1.77 bits per heavy atom. The molecule has 164 valence electrons. The first-order valence-corrected chi connectivity index (χ1v) is 12.0. The molecule has 0 unspecified atom stereocenters. The molecule has 0 aliphatic carbocycles. The molecule has 30 heavy (non-hydrogen) atoms. The average molecular weight is 433 g/mol. The van der Waals surface area contributed by atoms with Crippen LogP contribution in [-0.2, 0) is 14.8 Å². The van der Waals surface area contributed by atoms with Gasteiger partial charge >= 0.3 is 0 Å². The number of amides is 1. The topological polar surface area (TPSA) is 75.7 Å². The number of aryl methyl sites for hydroxylation is 2. The number of rotatable bonds is 10.